The number of ether oxygens (including phenoxy) is 1. The molecule has 0 radical (unpaired) electrons. The number of hydrazone groups is 1. The first-order valence-electron chi connectivity index (χ1n) is 9.13. The van der Waals surface area contributed by atoms with Crippen molar-refractivity contribution in [1.29, 1.82) is 0 Å². The molecule has 25 heavy (non-hydrogen) atoms. The summed E-state index contributed by atoms with van der Waals surface area (Å²) >= 11 is 1.90. The largest absolute Gasteiger partial charge is 0.369 e. The van der Waals surface area contributed by atoms with Crippen LogP contribution in [-0.2, 0) is 17.8 Å². The number of fused-ring (bicyclic) bond motifs is 4. The molecule has 0 fully saturated rings. The van der Waals surface area contributed by atoms with Gasteiger partial charge in [-0.1, -0.05) is 24.3 Å². The number of benzene rings is 1. The Bertz CT molecular complexity index is 857. The molecule has 3 aliphatic rings. The maximum Gasteiger partial charge on any atom is 0.157 e. The third-order valence-corrected chi connectivity index (χ3v) is 6.83. The number of amidine groups is 1. The number of aryl methyl sites for hydroxylation is 2. The lowest BCUT2D eigenvalue weighted by Gasteiger charge is -2.27. The third-order valence-electron chi connectivity index (χ3n) is 5.67. The fourth-order valence-corrected chi connectivity index (χ4v) is 5.89. The Kier molecular flexibility index (Phi) is 3.61. The summed E-state index contributed by atoms with van der Waals surface area (Å²) in [5, 5.41) is 5.78. The van der Waals surface area contributed by atoms with Crippen molar-refractivity contribution < 1.29 is 4.74 Å². The summed E-state index contributed by atoms with van der Waals surface area (Å²) in [7, 11) is 0. The molecule has 1 aliphatic carbocycles. The zero-order valence-electron chi connectivity index (χ0n) is 14.7. The highest BCUT2D eigenvalue weighted by Crippen LogP contribution is 2.47. The van der Waals surface area contributed by atoms with Crippen LogP contribution in [0.25, 0.3) is 0 Å². The molecular weight excluding hydrogens is 330 g/mol. The molecule has 5 heteroatoms. The zero-order valence-corrected chi connectivity index (χ0v) is 15.5. The van der Waals surface area contributed by atoms with Crippen molar-refractivity contribution in [3.05, 3.63) is 51.4 Å². The Morgan fingerprint density at radius 2 is 2.16 bits per heavy atom. The molecule has 0 spiro atoms. The molecule has 2 aliphatic heterocycles. The predicted octanol–water partition coefficient (Wildman–Crippen LogP) is 4.12. The first-order valence-corrected chi connectivity index (χ1v) is 9.94. The van der Waals surface area contributed by atoms with Gasteiger partial charge >= 0.3 is 0 Å². The van der Waals surface area contributed by atoms with Crippen molar-refractivity contribution in [3.8, 4) is 0 Å². The van der Waals surface area contributed by atoms with Crippen molar-refractivity contribution in [2.24, 2.45) is 5.10 Å². The van der Waals surface area contributed by atoms with E-state index in [1.54, 1.807) is 0 Å². The van der Waals surface area contributed by atoms with E-state index in [4.69, 9.17) is 4.74 Å². The second-order valence-corrected chi connectivity index (χ2v) is 8.40. The van der Waals surface area contributed by atoms with E-state index < -0.39 is 0 Å². The second-order valence-electron chi connectivity index (χ2n) is 7.20. The van der Waals surface area contributed by atoms with Gasteiger partial charge in [0.05, 0.1) is 6.61 Å². The van der Waals surface area contributed by atoms with Gasteiger partial charge in [0.25, 0.3) is 0 Å². The minimum atomic E-state index is 0.194. The lowest BCUT2D eigenvalue weighted by molar-refractivity contribution is 0.159. The third kappa shape index (κ3) is 2.33. The maximum atomic E-state index is 6.01. The van der Waals surface area contributed by atoms with Gasteiger partial charge in [0, 0.05) is 16.4 Å². The van der Waals surface area contributed by atoms with Gasteiger partial charge in [-0.15, -0.1) is 11.3 Å². The van der Waals surface area contributed by atoms with Gasteiger partial charge in [0.15, 0.2) is 5.84 Å². The Morgan fingerprint density at radius 1 is 1.28 bits per heavy atom. The van der Waals surface area contributed by atoms with Crippen LogP contribution in [0.5, 0.6) is 0 Å². The molecule has 1 N–H and O–H groups in total. The van der Waals surface area contributed by atoms with Gasteiger partial charge in [-0.05, 0) is 49.8 Å². The van der Waals surface area contributed by atoms with Crippen LogP contribution < -0.4 is 10.3 Å². The highest BCUT2D eigenvalue weighted by atomic mass is 32.1. The van der Waals surface area contributed by atoms with Gasteiger partial charge in [-0.25, -0.2) is 0 Å². The zero-order chi connectivity index (χ0) is 17.0. The van der Waals surface area contributed by atoms with Gasteiger partial charge in [0.1, 0.15) is 17.8 Å². The minimum Gasteiger partial charge on any atom is -0.369 e. The smallest absolute Gasteiger partial charge is 0.157 e. The number of nitrogens with one attached hydrogen (secondary N) is 1. The Morgan fingerprint density at radius 3 is 3.08 bits per heavy atom. The summed E-state index contributed by atoms with van der Waals surface area (Å²) in [4.78, 5) is 3.76. The van der Waals surface area contributed by atoms with Crippen LogP contribution in [0.3, 0.4) is 0 Å². The van der Waals surface area contributed by atoms with Crippen LogP contribution in [0.4, 0.5) is 5.00 Å². The summed E-state index contributed by atoms with van der Waals surface area (Å²) in [6, 6.07) is 8.99. The summed E-state index contributed by atoms with van der Waals surface area (Å²) in [6.07, 6.45) is 3.90. The van der Waals surface area contributed by atoms with Crippen molar-refractivity contribution >= 4 is 22.2 Å². The topological polar surface area (TPSA) is 36.9 Å². The van der Waals surface area contributed by atoms with Crippen LogP contribution in [0.15, 0.2) is 29.4 Å². The lowest BCUT2D eigenvalue weighted by Crippen LogP contribution is -2.38. The van der Waals surface area contributed by atoms with Gasteiger partial charge < -0.3 is 4.74 Å². The van der Waals surface area contributed by atoms with Crippen LogP contribution in [0, 0.1) is 6.92 Å². The van der Waals surface area contributed by atoms with Gasteiger partial charge in [-0.2, -0.15) is 5.10 Å². The summed E-state index contributed by atoms with van der Waals surface area (Å²) in [5.74, 6) is 1.50. The van der Waals surface area contributed by atoms with Crippen LogP contribution >= 0.6 is 11.3 Å². The van der Waals surface area contributed by atoms with E-state index in [1.165, 1.54) is 51.4 Å². The standard InChI is InChI=1S/C20H23N3OS/c1-12-19(16-9-5-7-14-6-3-4-8-15(14)16)17-10-24-11-18-22-21-13(2)23(18)20(17)25-12/h3-4,6,8,13,16,21H,5,7,9-11H2,1-2H3. The molecule has 130 valence electrons. The molecule has 1 aromatic heterocycles. The molecule has 0 amide bonds. The van der Waals surface area contributed by atoms with Gasteiger partial charge in [0.2, 0.25) is 0 Å². The molecule has 0 bridgehead atoms. The van der Waals surface area contributed by atoms with E-state index in [0.717, 1.165) is 5.84 Å². The highest BCUT2D eigenvalue weighted by molar-refractivity contribution is 7.16. The monoisotopic (exact) mass is 353 g/mol. The molecular formula is C20H23N3OS. The summed E-state index contributed by atoms with van der Waals surface area (Å²) < 4.78 is 6.01. The normalized spacial score (nSPS) is 24.7. The van der Waals surface area contributed by atoms with Crippen LogP contribution in [0.2, 0.25) is 0 Å². The molecule has 2 atom stereocenters. The van der Waals surface area contributed by atoms with E-state index in [2.05, 4.69) is 53.5 Å². The van der Waals surface area contributed by atoms with Crippen molar-refractivity contribution in [3.63, 3.8) is 0 Å². The van der Waals surface area contributed by atoms with Crippen molar-refractivity contribution in [2.45, 2.75) is 51.8 Å². The Labute approximate surface area is 152 Å². The average Bonchev–Trinajstić information content (AvgIpc) is 3.08. The number of anilines is 1. The molecule has 5 rings (SSSR count). The molecule has 4 nitrogen and oxygen atoms in total. The summed E-state index contributed by atoms with van der Waals surface area (Å²) in [6.45, 7) is 5.71. The fraction of sp³-hybridized carbons (Fsp3) is 0.450. The van der Waals surface area contributed by atoms with Crippen LogP contribution in [0.1, 0.15) is 52.8 Å². The van der Waals surface area contributed by atoms with Crippen LogP contribution in [-0.4, -0.2) is 18.6 Å². The maximum absolute atomic E-state index is 6.01. The Hall–Kier alpha value is -1.85. The quantitative estimate of drug-likeness (QED) is 0.838. The first kappa shape index (κ1) is 15.4. The predicted molar refractivity (Wildman–Crippen MR) is 102 cm³/mol. The SMILES string of the molecule is Cc1sc2c(c1C1CCCc3ccccc31)COCC1=NNC(C)N12. The fourth-order valence-electron chi connectivity index (χ4n) is 4.58. The van der Waals surface area contributed by atoms with Crippen molar-refractivity contribution in [2.75, 3.05) is 11.5 Å². The molecule has 2 aromatic rings. The number of thiophene rings is 1. The minimum absolute atomic E-state index is 0.194. The highest BCUT2D eigenvalue weighted by Gasteiger charge is 2.35. The molecule has 0 saturated carbocycles. The second kappa shape index (κ2) is 5.85. The number of hydrogen-bond donors (Lipinski definition) is 1. The average molecular weight is 353 g/mol. The molecule has 2 unspecified atom stereocenters. The number of rotatable bonds is 1. The molecule has 1 aromatic carbocycles. The van der Waals surface area contributed by atoms with Gasteiger partial charge in [-0.3, -0.25) is 10.3 Å². The van der Waals surface area contributed by atoms with E-state index in [1.807, 2.05) is 11.3 Å². The van der Waals surface area contributed by atoms with E-state index >= 15 is 0 Å². The Balaban J connectivity index is 1.65. The first-order chi connectivity index (χ1) is 12.2. The van der Waals surface area contributed by atoms with E-state index in [0.29, 0.717) is 19.1 Å². The summed E-state index contributed by atoms with van der Waals surface area (Å²) in [5.41, 5.74) is 9.12. The van der Waals surface area contributed by atoms with E-state index in [-0.39, 0.29) is 6.17 Å². The number of hydrogen-bond acceptors (Lipinski definition) is 5. The molecule has 3 heterocycles. The van der Waals surface area contributed by atoms with E-state index in [9.17, 15) is 0 Å². The lowest BCUT2D eigenvalue weighted by atomic mass is 9.78. The molecule has 0 saturated heterocycles. The number of nitrogens with zero attached hydrogens (tertiary/aromatic N) is 2. The van der Waals surface area contributed by atoms with Crippen molar-refractivity contribution in [1.82, 2.24) is 5.43 Å².